The Bertz CT molecular complexity index is 1390. The zero-order valence-corrected chi connectivity index (χ0v) is 21.2. The van der Waals surface area contributed by atoms with Crippen molar-refractivity contribution < 1.29 is 9.53 Å². The van der Waals surface area contributed by atoms with Crippen LogP contribution in [0.15, 0.2) is 42.5 Å². The fourth-order valence-corrected chi connectivity index (χ4v) is 5.19. The van der Waals surface area contributed by atoms with Crippen molar-refractivity contribution in [3.63, 3.8) is 0 Å². The van der Waals surface area contributed by atoms with Gasteiger partial charge in [0, 0.05) is 66.5 Å². The van der Waals surface area contributed by atoms with Gasteiger partial charge >= 0.3 is 0 Å². The van der Waals surface area contributed by atoms with E-state index in [1.54, 1.807) is 7.11 Å². The Morgan fingerprint density at radius 3 is 2.63 bits per heavy atom. The summed E-state index contributed by atoms with van der Waals surface area (Å²) in [6, 6.07) is 13.7. The van der Waals surface area contributed by atoms with E-state index in [1.165, 1.54) is 0 Å². The van der Waals surface area contributed by atoms with Crippen LogP contribution in [0.25, 0.3) is 16.6 Å². The molecule has 1 aliphatic heterocycles. The molecule has 1 saturated heterocycles. The molecule has 2 aromatic heterocycles. The summed E-state index contributed by atoms with van der Waals surface area (Å²) >= 11 is 6.18. The van der Waals surface area contributed by atoms with Gasteiger partial charge in [-0.05, 0) is 56.2 Å². The van der Waals surface area contributed by atoms with E-state index in [4.69, 9.17) is 26.4 Å². The van der Waals surface area contributed by atoms with Crippen molar-refractivity contribution in [2.45, 2.75) is 33.2 Å². The number of methoxy groups -OCH3 is 1. The third-order valence-electron chi connectivity index (χ3n) is 6.97. The lowest BCUT2D eigenvalue weighted by Crippen LogP contribution is -2.48. The first kappa shape index (κ1) is 23.6. The molecule has 0 saturated carbocycles. The van der Waals surface area contributed by atoms with Crippen molar-refractivity contribution in [1.29, 1.82) is 0 Å². The largest absolute Gasteiger partial charge is 0.496 e. The lowest BCUT2D eigenvalue weighted by molar-refractivity contribution is -0.133. The van der Waals surface area contributed by atoms with Crippen LogP contribution in [0.5, 0.6) is 5.75 Å². The zero-order valence-electron chi connectivity index (χ0n) is 20.4. The second-order valence-electron chi connectivity index (χ2n) is 9.13. The highest BCUT2D eigenvalue weighted by Crippen LogP contribution is 2.25. The normalized spacial score (nSPS) is 14.7. The number of nitrogens with zero attached hydrogens (tertiary/aromatic N) is 5. The van der Waals surface area contributed by atoms with Crippen molar-refractivity contribution in [1.82, 2.24) is 24.4 Å². The third-order valence-corrected chi connectivity index (χ3v) is 7.20. The molecule has 1 amide bonds. The highest BCUT2D eigenvalue weighted by Gasteiger charge is 2.23. The summed E-state index contributed by atoms with van der Waals surface area (Å²) in [5.41, 5.74) is 6.00. The number of aromatic nitrogens is 3. The minimum Gasteiger partial charge on any atom is -0.496 e. The Balaban J connectivity index is 1.21. The molecule has 2 aromatic carbocycles. The molecule has 35 heavy (non-hydrogen) atoms. The first-order chi connectivity index (χ1) is 16.9. The SMILES string of the molecule is COc1ccc(Cl)cc1CN1CCN(C(=O)CCc2c(C)nc3c4ccccc4nn3c2C)CC1. The number of hydrogen-bond donors (Lipinski definition) is 0. The number of hydrogen-bond acceptors (Lipinski definition) is 5. The number of carbonyl (C=O) groups is 1. The molecular weight excluding hydrogens is 462 g/mol. The summed E-state index contributed by atoms with van der Waals surface area (Å²) < 4.78 is 7.39. The van der Waals surface area contributed by atoms with Gasteiger partial charge in [-0.3, -0.25) is 9.69 Å². The van der Waals surface area contributed by atoms with Crippen LogP contribution < -0.4 is 4.74 Å². The van der Waals surface area contributed by atoms with Crippen molar-refractivity contribution in [3.8, 4) is 5.75 Å². The summed E-state index contributed by atoms with van der Waals surface area (Å²) in [7, 11) is 1.68. The monoisotopic (exact) mass is 491 g/mol. The van der Waals surface area contributed by atoms with Gasteiger partial charge < -0.3 is 9.64 Å². The van der Waals surface area contributed by atoms with Crippen LogP contribution >= 0.6 is 11.6 Å². The maximum Gasteiger partial charge on any atom is 0.222 e. The Kier molecular flexibility index (Phi) is 6.62. The molecule has 5 rings (SSSR count). The number of amides is 1. The molecule has 1 aliphatic rings. The predicted octanol–water partition coefficient (Wildman–Crippen LogP) is 4.44. The Morgan fingerprint density at radius 2 is 1.86 bits per heavy atom. The molecule has 1 fully saturated rings. The molecule has 4 aromatic rings. The molecule has 7 nitrogen and oxygen atoms in total. The van der Waals surface area contributed by atoms with Crippen molar-refractivity contribution in [2.24, 2.45) is 0 Å². The number of benzene rings is 2. The summed E-state index contributed by atoms with van der Waals surface area (Å²) in [5, 5.41) is 6.49. The Labute approximate surface area is 210 Å². The van der Waals surface area contributed by atoms with E-state index in [-0.39, 0.29) is 5.91 Å². The van der Waals surface area contributed by atoms with Gasteiger partial charge in [0.15, 0.2) is 5.65 Å². The number of aryl methyl sites for hydroxylation is 2. The lowest BCUT2D eigenvalue weighted by atomic mass is 10.1. The first-order valence-electron chi connectivity index (χ1n) is 12.0. The molecule has 3 heterocycles. The van der Waals surface area contributed by atoms with E-state index in [0.717, 1.165) is 77.5 Å². The van der Waals surface area contributed by atoms with Gasteiger partial charge in [0.2, 0.25) is 5.91 Å². The molecular formula is C27H30ClN5O2. The van der Waals surface area contributed by atoms with Crippen LogP contribution in [0.3, 0.4) is 0 Å². The second kappa shape index (κ2) is 9.84. The van der Waals surface area contributed by atoms with E-state index in [9.17, 15) is 4.79 Å². The predicted molar refractivity (Wildman–Crippen MR) is 138 cm³/mol. The van der Waals surface area contributed by atoms with E-state index in [0.29, 0.717) is 17.9 Å². The van der Waals surface area contributed by atoms with Crippen LogP contribution in [-0.2, 0) is 17.8 Å². The molecule has 0 aliphatic carbocycles. The highest BCUT2D eigenvalue weighted by atomic mass is 35.5. The first-order valence-corrected chi connectivity index (χ1v) is 12.4. The van der Waals surface area contributed by atoms with Crippen LogP contribution in [0, 0.1) is 13.8 Å². The number of rotatable bonds is 6. The average Bonchev–Trinajstić information content (AvgIpc) is 3.23. The Morgan fingerprint density at radius 1 is 1.09 bits per heavy atom. The number of ether oxygens (including phenoxy) is 1. The van der Waals surface area contributed by atoms with E-state index in [2.05, 4.69) is 17.9 Å². The van der Waals surface area contributed by atoms with E-state index in [1.807, 2.05) is 52.7 Å². The quantitative estimate of drug-likeness (QED) is 0.399. The van der Waals surface area contributed by atoms with Crippen LogP contribution in [0.4, 0.5) is 0 Å². The number of piperazine rings is 1. The van der Waals surface area contributed by atoms with Gasteiger partial charge in [0.25, 0.3) is 0 Å². The molecule has 0 bridgehead atoms. The Hall–Kier alpha value is -3.16. The summed E-state index contributed by atoms with van der Waals surface area (Å²) in [6.45, 7) is 7.95. The zero-order chi connectivity index (χ0) is 24.5. The summed E-state index contributed by atoms with van der Waals surface area (Å²) in [5.74, 6) is 1.03. The fraction of sp³-hybridized carbons (Fsp3) is 0.370. The minimum atomic E-state index is 0.189. The molecule has 0 unspecified atom stereocenters. The fourth-order valence-electron chi connectivity index (χ4n) is 5.00. The number of halogens is 1. The van der Waals surface area contributed by atoms with Crippen molar-refractivity contribution in [3.05, 3.63) is 70.0 Å². The van der Waals surface area contributed by atoms with Gasteiger partial charge in [-0.25, -0.2) is 9.50 Å². The van der Waals surface area contributed by atoms with Gasteiger partial charge in [0.05, 0.1) is 12.6 Å². The second-order valence-corrected chi connectivity index (χ2v) is 9.56. The van der Waals surface area contributed by atoms with E-state index < -0.39 is 0 Å². The average molecular weight is 492 g/mol. The van der Waals surface area contributed by atoms with Gasteiger partial charge in [0.1, 0.15) is 5.75 Å². The van der Waals surface area contributed by atoms with Gasteiger partial charge in [-0.2, -0.15) is 5.10 Å². The lowest BCUT2D eigenvalue weighted by Gasteiger charge is -2.35. The topological polar surface area (TPSA) is 63.0 Å². The van der Waals surface area contributed by atoms with Crippen LogP contribution in [0.2, 0.25) is 5.02 Å². The summed E-state index contributed by atoms with van der Waals surface area (Å²) in [6.07, 6.45) is 1.13. The van der Waals surface area contributed by atoms with Crippen molar-refractivity contribution in [2.75, 3.05) is 33.3 Å². The van der Waals surface area contributed by atoms with Crippen LogP contribution in [-0.4, -0.2) is 63.6 Å². The number of fused-ring (bicyclic) bond motifs is 3. The smallest absolute Gasteiger partial charge is 0.222 e. The highest BCUT2D eigenvalue weighted by molar-refractivity contribution is 6.30. The maximum absolute atomic E-state index is 13.0. The molecule has 8 heteroatoms. The third kappa shape index (κ3) is 4.70. The van der Waals surface area contributed by atoms with Crippen LogP contribution in [0.1, 0.15) is 28.9 Å². The number of carbonyl (C=O) groups excluding carboxylic acids is 1. The van der Waals surface area contributed by atoms with E-state index >= 15 is 0 Å². The standard InChI is InChI=1S/C27H30ClN5O2/c1-18-22(19(2)33-27(29-18)23-6-4-5-7-24(23)30-33)9-11-26(34)32-14-12-31(13-15-32)17-20-16-21(28)8-10-25(20)35-3/h4-8,10,16H,9,11-15,17H2,1-3H3. The maximum atomic E-state index is 13.0. The molecule has 0 N–H and O–H groups in total. The minimum absolute atomic E-state index is 0.189. The van der Waals surface area contributed by atoms with Gasteiger partial charge in [-0.1, -0.05) is 23.7 Å². The molecule has 182 valence electrons. The summed E-state index contributed by atoms with van der Waals surface area (Å²) in [4.78, 5) is 22.2. The molecule has 0 spiro atoms. The molecule has 0 atom stereocenters. The van der Waals surface area contributed by atoms with Gasteiger partial charge in [-0.15, -0.1) is 0 Å². The van der Waals surface area contributed by atoms with Crippen molar-refractivity contribution >= 4 is 34.1 Å². The molecule has 0 radical (unpaired) electrons.